The highest BCUT2D eigenvalue weighted by Crippen LogP contribution is 2.34. The Bertz CT molecular complexity index is 1140. The molecule has 0 saturated heterocycles. The third-order valence-corrected chi connectivity index (χ3v) is 5.86. The summed E-state index contributed by atoms with van der Waals surface area (Å²) in [4.78, 5) is 24.5. The van der Waals surface area contributed by atoms with Gasteiger partial charge in [0.05, 0.1) is 6.54 Å². The average molecular weight is 413 g/mol. The fourth-order valence-electron chi connectivity index (χ4n) is 4.30. The van der Waals surface area contributed by atoms with E-state index in [0.717, 1.165) is 33.8 Å². The van der Waals surface area contributed by atoms with Gasteiger partial charge in [0.25, 0.3) is 5.91 Å². The summed E-state index contributed by atoms with van der Waals surface area (Å²) in [6.07, 6.45) is 0.682. The van der Waals surface area contributed by atoms with E-state index in [9.17, 15) is 9.59 Å². The van der Waals surface area contributed by atoms with E-state index in [4.69, 9.17) is 9.47 Å². The molecular formula is C26H23NO4. The van der Waals surface area contributed by atoms with Gasteiger partial charge in [0.1, 0.15) is 17.6 Å². The second kappa shape index (κ2) is 7.91. The van der Waals surface area contributed by atoms with Crippen molar-refractivity contribution in [1.29, 1.82) is 0 Å². The third-order valence-electron chi connectivity index (χ3n) is 5.86. The predicted octanol–water partition coefficient (Wildman–Crippen LogP) is 3.98. The Balaban J connectivity index is 1.23. The first-order valence-electron chi connectivity index (χ1n) is 10.5. The topological polar surface area (TPSA) is 64.6 Å². The monoisotopic (exact) mass is 413 g/mol. The Hall–Kier alpha value is -3.60. The normalized spacial score (nSPS) is 18.5. The first kappa shape index (κ1) is 19.4. The number of carbonyl (C=O) groups excluding carboxylic acids is 2. The highest BCUT2D eigenvalue weighted by molar-refractivity contribution is 6.00. The van der Waals surface area contributed by atoms with E-state index >= 15 is 0 Å². The van der Waals surface area contributed by atoms with Gasteiger partial charge in [-0.2, -0.15) is 0 Å². The number of hydrogen-bond donors (Lipinski definition) is 1. The van der Waals surface area contributed by atoms with E-state index in [2.05, 4.69) is 11.4 Å². The Morgan fingerprint density at radius 3 is 2.52 bits per heavy atom. The summed E-state index contributed by atoms with van der Waals surface area (Å²) < 4.78 is 11.8. The van der Waals surface area contributed by atoms with Gasteiger partial charge in [0.15, 0.2) is 11.9 Å². The molecule has 2 heterocycles. The second-order valence-corrected chi connectivity index (χ2v) is 8.03. The lowest BCUT2D eigenvalue weighted by atomic mass is 9.95. The van der Waals surface area contributed by atoms with Crippen LogP contribution in [0.25, 0.3) is 11.1 Å². The molecule has 0 saturated carbocycles. The zero-order chi connectivity index (χ0) is 21.4. The van der Waals surface area contributed by atoms with Gasteiger partial charge < -0.3 is 14.8 Å². The fourth-order valence-corrected chi connectivity index (χ4v) is 4.30. The van der Waals surface area contributed by atoms with Crippen molar-refractivity contribution < 1.29 is 19.1 Å². The van der Waals surface area contributed by atoms with E-state index in [1.807, 2.05) is 60.7 Å². The molecule has 1 amide bonds. The van der Waals surface area contributed by atoms with E-state index in [1.54, 1.807) is 6.92 Å². The molecular weight excluding hydrogens is 390 g/mol. The molecule has 0 fully saturated rings. The summed E-state index contributed by atoms with van der Waals surface area (Å²) >= 11 is 0. The SMILES string of the molecule is CC(=O)c1ccccc1-c1ccc2c(c1)CC(CNC(=O)C1Cc3ccccc3O1)O2. The highest BCUT2D eigenvalue weighted by atomic mass is 16.5. The molecule has 2 aliphatic rings. The van der Waals surface area contributed by atoms with Crippen LogP contribution < -0.4 is 14.8 Å². The van der Waals surface area contributed by atoms with E-state index in [1.165, 1.54) is 0 Å². The van der Waals surface area contributed by atoms with E-state index in [-0.39, 0.29) is 17.8 Å². The number of nitrogens with one attached hydrogen (secondary N) is 1. The molecule has 0 aromatic heterocycles. The van der Waals surface area contributed by atoms with Crippen LogP contribution in [0.3, 0.4) is 0 Å². The van der Waals surface area contributed by atoms with Gasteiger partial charge in [-0.15, -0.1) is 0 Å². The average Bonchev–Trinajstić information content (AvgIpc) is 3.40. The molecule has 2 atom stereocenters. The Morgan fingerprint density at radius 2 is 1.68 bits per heavy atom. The standard InChI is InChI=1S/C26H23NO4/c1-16(28)21-7-3-4-8-22(21)17-10-11-24-19(12-17)13-20(30-24)15-27-26(29)25-14-18-6-2-5-9-23(18)31-25/h2-12,20,25H,13-15H2,1H3,(H,27,29). The molecule has 5 nitrogen and oxygen atoms in total. The van der Waals surface area contributed by atoms with Crippen molar-refractivity contribution in [3.05, 3.63) is 83.4 Å². The lowest BCUT2D eigenvalue weighted by molar-refractivity contribution is -0.127. The second-order valence-electron chi connectivity index (χ2n) is 8.03. The maximum atomic E-state index is 12.6. The van der Waals surface area contributed by atoms with Crippen LogP contribution in [-0.4, -0.2) is 30.4 Å². The van der Waals surface area contributed by atoms with E-state index < -0.39 is 6.10 Å². The van der Waals surface area contributed by atoms with Crippen LogP contribution in [0, 0.1) is 0 Å². The molecule has 3 aromatic carbocycles. The molecule has 2 unspecified atom stereocenters. The maximum absolute atomic E-state index is 12.6. The van der Waals surface area contributed by atoms with Gasteiger partial charge in [-0.1, -0.05) is 48.5 Å². The quantitative estimate of drug-likeness (QED) is 0.643. The summed E-state index contributed by atoms with van der Waals surface area (Å²) in [7, 11) is 0. The predicted molar refractivity (Wildman–Crippen MR) is 118 cm³/mol. The van der Waals surface area contributed by atoms with Crippen LogP contribution in [0.4, 0.5) is 0 Å². The molecule has 1 N–H and O–H groups in total. The van der Waals surface area contributed by atoms with Gasteiger partial charge in [-0.25, -0.2) is 0 Å². The van der Waals surface area contributed by atoms with Crippen molar-refractivity contribution in [3.8, 4) is 22.6 Å². The summed E-state index contributed by atoms with van der Waals surface area (Å²) in [5.41, 5.74) is 4.77. The number of ether oxygens (including phenoxy) is 2. The summed E-state index contributed by atoms with van der Waals surface area (Å²) in [5, 5.41) is 2.97. The molecule has 0 bridgehead atoms. The van der Waals surface area contributed by atoms with Crippen LogP contribution in [0.2, 0.25) is 0 Å². The number of Topliss-reactive ketones (excluding diaryl/α,β-unsaturated/α-hetero) is 1. The van der Waals surface area contributed by atoms with Crippen molar-refractivity contribution in [3.63, 3.8) is 0 Å². The van der Waals surface area contributed by atoms with Gasteiger partial charge in [-0.05, 0) is 47.4 Å². The minimum absolute atomic E-state index is 0.0456. The Morgan fingerprint density at radius 1 is 0.903 bits per heavy atom. The fraction of sp³-hybridized carbons (Fsp3) is 0.231. The van der Waals surface area contributed by atoms with Crippen molar-refractivity contribution in [2.24, 2.45) is 0 Å². The molecule has 156 valence electrons. The van der Waals surface area contributed by atoms with Crippen LogP contribution in [0.15, 0.2) is 66.7 Å². The first-order valence-corrected chi connectivity index (χ1v) is 10.5. The van der Waals surface area contributed by atoms with Gasteiger partial charge in [-0.3, -0.25) is 9.59 Å². The number of hydrogen-bond acceptors (Lipinski definition) is 4. The Labute approximate surface area is 181 Å². The van der Waals surface area contributed by atoms with Crippen LogP contribution in [0.1, 0.15) is 28.4 Å². The van der Waals surface area contributed by atoms with Crippen LogP contribution >= 0.6 is 0 Å². The zero-order valence-corrected chi connectivity index (χ0v) is 17.3. The lowest BCUT2D eigenvalue weighted by Crippen LogP contribution is -2.42. The smallest absolute Gasteiger partial charge is 0.261 e. The summed E-state index contributed by atoms with van der Waals surface area (Å²) in [5.74, 6) is 1.54. The van der Waals surface area contributed by atoms with Gasteiger partial charge >= 0.3 is 0 Å². The largest absolute Gasteiger partial charge is 0.488 e. The number of ketones is 1. The van der Waals surface area contributed by atoms with Gasteiger partial charge in [0, 0.05) is 18.4 Å². The lowest BCUT2D eigenvalue weighted by Gasteiger charge is -2.15. The number of fused-ring (bicyclic) bond motifs is 2. The van der Waals surface area contributed by atoms with Crippen LogP contribution in [0.5, 0.6) is 11.5 Å². The minimum Gasteiger partial charge on any atom is -0.488 e. The molecule has 0 radical (unpaired) electrons. The van der Waals surface area contributed by atoms with E-state index in [0.29, 0.717) is 24.9 Å². The summed E-state index contributed by atoms with van der Waals surface area (Å²) in [6.45, 7) is 2.00. The number of para-hydroxylation sites is 1. The minimum atomic E-state index is -0.490. The molecule has 0 aliphatic carbocycles. The molecule has 5 rings (SSSR count). The molecule has 2 aliphatic heterocycles. The van der Waals surface area contributed by atoms with Crippen LogP contribution in [-0.2, 0) is 17.6 Å². The Kier molecular flexibility index (Phi) is 4.94. The summed E-state index contributed by atoms with van der Waals surface area (Å²) in [6, 6.07) is 21.4. The number of carbonyl (C=O) groups is 2. The number of rotatable bonds is 5. The molecule has 5 heteroatoms. The number of benzene rings is 3. The zero-order valence-electron chi connectivity index (χ0n) is 17.3. The maximum Gasteiger partial charge on any atom is 0.261 e. The van der Waals surface area contributed by atoms with Gasteiger partial charge in [0.2, 0.25) is 0 Å². The third kappa shape index (κ3) is 3.79. The van der Waals surface area contributed by atoms with Crippen molar-refractivity contribution >= 4 is 11.7 Å². The number of amides is 1. The van der Waals surface area contributed by atoms with Crippen molar-refractivity contribution in [2.45, 2.75) is 32.0 Å². The molecule has 0 spiro atoms. The van der Waals surface area contributed by atoms with Crippen molar-refractivity contribution in [2.75, 3.05) is 6.54 Å². The first-order chi connectivity index (χ1) is 15.1. The molecule has 3 aromatic rings. The highest BCUT2D eigenvalue weighted by Gasteiger charge is 2.30. The molecule has 31 heavy (non-hydrogen) atoms. The van der Waals surface area contributed by atoms with Crippen molar-refractivity contribution in [1.82, 2.24) is 5.32 Å².